The van der Waals surface area contributed by atoms with Gasteiger partial charge in [-0.3, -0.25) is 9.69 Å². The van der Waals surface area contributed by atoms with Gasteiger partial charge in [-0.15, -0.1) is 6.42 Å². The lowest BCUT2D eigenvalue weighted by Gasteiger charge is -2.41. The highest BCUT2D eigenvalue weighted by Crippen LogP contribution is 2.35. The standard InChI is InChI=1S/C10H11Cl4NO/c1-5-9(3,4)15(8(16)7(11)12)10(13,14)6-2/h1,6-7H,2H2,3-4H3. The quantitative estimate of drug-likeness (QED) is 0.337. The summed E-state index contributed by atoms with van der Waals surface area (Å²) in [4.78, 5) is 11.5. The number of hydrogen-bond acceptors (Lipinski definition) is 1. The fraction of sp³-hybridized carbons (Fsp3) is 0.500. The maximum atomic E-state index is 11.8. The molecule has 0 rings (SSSR count). The van der Waals surface area contributed by atoms with E-state index < -0.39 is 20.7 Å². The van der Waals surface area contributed by atoms with E-state index in [1.807, 2.05) is 0 Å². The average Bonchev–Trinajstić information content (AvgIpc) is 2.17. The number of rotatable bonds is 4. The number of amides is 1. The molecule has 1 amide bonds. The van der Waals surface area contributed by atoms with Crippen LogP contribution in [0.1, 0.15) is 13.8 Å². The molecule has 0 aliphatic carbocycles. The maximum absolute atomic E-state index is 11.8. The molecule has 2 nitrogen and oxygen atoms in total. The molecule has 0 saturated heterocycles. The molecule has 0 aromatic rings. The second-order valence-corrected chi connectivity index (χ2v) is 5.91. The smallest absolute Gasteiger partial charge is 0.259 e. The Bertz CT molecular complexity index is 330. The van der Waals surface area contributed by atoms with Gasteiger partial charge in [0.2, 0.25) is 4.46 Å². The average molecular weight is 303 g/mol. The molecule has 0 N–H and O–H groups in total. The van der Waals surface area contributed by atoms with E-state index in [0.717, 1.165) is 4.90 Å². The number of alkyl halides is 4. The second-order valence-electron chi connectivity index (χ2n) is 3.47. The van der Waals surface area contributed by atoms with Gasteiger partial charge in [0.1, 0.15) is 5.54 Å². The van der Waals surface area contributed by atoms with Crippen molar-refractivity contribution in [2.45, 2.75) is 28.7 Å². The van der Waals surface area contributed by atoms with Crippen LogP contribution in [-0.4, -0.2) is 25.6 Å². The van der Waals surface area contributed by atoms with Crippen molar-refractivity contribution in [2.75, 3.05) is 0 Å². The number of carbonyl (C=O) groups is 1. The molecule has 6 heteroatoms. The van der Waals surface area contributed by atoms with Crippen LogP contribution >= 0.6 is 46.4 Å². The highest BCUT2D eigenvalue weighted by molar-refractivity contribution is 6.55. The van der Waals surface area contributed by atoms with Crippen molar-refractivity contribution in [2.24, 2.45) is 0 Å². The summed E-state index contributed by atoms with van der Waals surface area (Å²) >= 11 is 22.9. The predicted molar refractivity (Wildman–Crippen MR) is 69.9 cm³/mol. The van der Waals surface area contributed by atoms with E-state index >= 15 is 0 Å². The third-order valence-corrected chi connectivity index (χ3v) is 2.88. The molecule has 0 radical (unpaired) electrons. The second kappa shape index (κ2) is 5.51. The Labute approximate surface area is 115 Å². The first kappa shape index (κ1) is 15.9. The summed E-state index contributed by atoms with van der Waals surface area (Å²) in [5.41, 5.74) is -1.04. The van der Waals surface area contributed by atoms with Gasteiger partial charge in [-0.1, -0.05) is 58.9 Å². The summed E-state index contributed by atoms with van der Waals surface area (Å²) in [5, 5.41) is 0. The Morgan fingerprint density at radius 3 is 2.19 bits per heavy atom. The van der Waals surface area contributed by atoms with Crippen LogP contribution in [-0.2, 0) is 4.79 Å². The zero-order valence-electron chi connectivity index (χ0n) is 8.81. The fourth-order valence-electron chi connectivity index (χ4n) is 1.05. The molecule has 0 bridgehead atoms. The third kappa shape index (κ3) is 3.46. The number of nitrogens with zero attached hydrogens (tertiary/aromatic N) is 1. The molecule has 0 aromatic carbocycles. The lowest BCUT2D eigenvalue weighted by Crippen LogP contribution is -2.56. The summed E-state index contributed by atoms with van der Waals surface area (Å²) in [6, 6.07) is 0. The normalized spacial score (nSPS) is 12.1. The number of terminal acetylenes is 1. The zero-order valence-corrected chi connectivity index (χ0v) is 11.8. The van der Waals surface area contributed by atoms with E-state index in [0.29, 0.717) is 0 Å². The summed E-state index contributed by atoms with van der Waals surface area (Å²) in [7, 11) is 0. The van der Waals surface area contributed by atoms with Crippen molar-refractivity contribution in [1.82, 2.24) is 4.90 Å². The van der Waals surface area contributed by atoms with E-state index in [-0.39, 0.29) is 0 Å². The minimum absolute atomic E-state index is 0.684. The van der Waals surface area contributed by atoms with Gasteiger partial charge in [0.15, 0.2) is 4.84 Å². The lowest BCUT2D eigenvalue weighted by molar-refractivity contribution is -0.133. The molecule has 0 heterocycles. The van der Waals surface area contributed by atoms with Gasteiger partial charge in [0.05, 0.1) is 0 Å². The van der Waals surface area contributed by atoms with Crippen molar-refractivity contribution in [3.8, 4) is 12.3 Å². The monoisotopic (exact) mass is 301 g/mol. The van der Waals surface area contributed by atoms with Crippen LogP contribution in [0.4, 0.5) is 0 Å². The van der Waals surface area contributed by atoms with Gasteiger partial charge in [-0.2, -0.15) is 0 Å². The maximum Gasteiger partial charge on any atom is 0.259 e. The Kier molecular flexibility index (Phi) is 5.49. The molecular weight excluding hydrogens is 292 g/mol. The fourth-order valence-corrected chi connectivity index (χ4v) is 1.83. The van der Waals surface area contributed by atoms with Crippen LogP contribution in [0.15, 0.2) is 12.7 Å². The molecule has 0 atom stereocenters. The minimum atomic E-state index is -1.67. The van der Waals surface area contributed by atoms with Gasteiger partial charge < -0.3 is 0 Å². The van der Waals surface area contributed by atoms with Gasteiger partial charge in [-0.05, 0) is 19.9 Å². The summed E-state index contributed by atoms with van der Waals surface area (Å²) in [5.74, 6) is 1.70. The molecule has 90 valence electrons. The van der Waals surface area contributed by atoms with E-state index in [9.17, 15) is 4.79 Å². The van der Waals surface area contributed by atoms with Crippen LogP contribution < -0.4 is 0 Å². The molecule has 0 spiro atoms. The Morgan fingerprint density at radius 1 is 1.50 bits per heavy atom. The van der Waals surface area contributed by atoms with Crippen LogP contribution in [0.3, 0.4) is 0 Å². The van der Waals surface area contributed by atoms with Crippen LogP contribution in [0.5, 0.6) is 0 Å². The Morgan fingerprint density at radius 2 is 1.94 bits per heavy atom. The van der Waals surface area contributed by atoms with Crippen LogP contribution in [0.2, 0.25) is 0 Å². The predicted octanol–water partition coefficient (Wildman–Crippen LogP) is 3.35. The first-order chi connectivity index (χ1) is 7.10. The zero-order chi connectivity index (χ0) is 13.1. The molecule has 0 aliphatic heterocycles. The summed E-state index contributed by atoms with van der Waals surface area (Å²) in [6.07, 6.45) is 6.48. The largest absolute Gasteiger partial charge is 0.289 e. The summed E-state index contributed by atoms with van der Waals surface area (Å²) < 4.78 is -1.67. The first-order valence-corrected chi connectivity index (χ1v) is 5.84. The highest BCUT2D eigenvalue weighted by Gasteiger charge is 2.44. The molecule has 0 saturated carbocycles. The topological polar surface area (TPSA) is 20.3 Å². The molecule has 0 fully saturated rings. The van der Waals surface area contributed by atoms with Gasteiger partial charge in [0.25, 0.3) is 5.91 Å². The molecule has 0 unspecified atom stereocenters. The number of halogens is 4. The van der Waals surface area contributed by atoms with Crippen LogP contribution in [0, 0.1) is 12.3 Å². The van der Waals surface area contributed by atoms with Gasteiger partial charge in [0, 0.05) is 0 Å². The number of carbonyl (C=O) groups excluding carboxylic acids is 1. The van der Waals surface area contributed by atoms with E-state index in [1.54, 1.807) is 13.8 Å². The lowest BCUT2D eigenvalue weighted by atomic mass is 10.0. The molecule has 0 aromatic heterocycles. The highest BCUT2D eigenvalue weighted by atomic mass is 35.5. The van der Waals surface area contributed by atoms with E-state index in [2.05, 4.69) is 12.5 Å². The van der Waals surface area contributed by atoms with E-state index in [4.69, 9.17) is 52.8 Å². The minimum Gasteiger partial charge on any atom is -0.289 e. The first-order valence-electron chi connectivity index (χ1n) is 4.21. The van der Waals surface area contributed by atoms with Crippen molar-refractivity contribution in [3.63, 3.8) is 0 Å². The Hall–Kier alpha value is -0.0700. The van der Waals surface area contributed by atoms with Crippen molar-refractivity contribution >= 4 is 52.3 Å². The molecular formula is C10H11Cl4NO. The molecule has 0 aliphatic rings. The van der Waals surface area contributed by atoms with Crippen molar-refractivity contribution in [3.05, 3.63) is 12.7 Å². The van der Waals surface area contributed by atoms with Crippen LogP contribution in [0.25, 0.3) is 0 Å². The van der Waals surface area contributed by atoms with Crippen molar-refractivity contribution < 1.29 is 4.79 Å². The summed E-state index contributed by atoms with van der Waals surface area (Å²) in [6.45, 7) is 6.60. The Balaban J connectivity index is 5.51. The van der Waals surface area contributed by atoms with Gasteiger partial charge >= 0.3 is 0 Å². The van der Waals surface area contributed by atoms with Gasteiger partial charge in [-0.25, -0.2) is 0 Å². The van der Waals surface area contributed by atoms with E-state index in [1.165, 1.54) is 6.08 Å². The third-order valence-electron chi connectivity index (χ3n) is 1.86. The molecule has 16 heavy (non-hydrogen) atoms. The van der Waals surface area contributed by atoms with Crippen molar-refractivity contribution in [1.29, 1.82) is 0 Å². The SMILES string of the molecule is C#CC(C)(C)N(C(=O)C(Cl)Cl)C(Cl)(Cl)C=C. The number of hydrogen-bond donors (Lipinski definition) is 0.